The number of hydrogen-bond donors (Lipinski definition) is 2. The van der Waals surface area contributed by atoms with Crippen LogP contribution in [0.1, 0.15) is 34.9 Å². The van der Waals surface area contributed by atoms with Crippen LogP contribution in [0.4, 0.5) is 0 Å². The van der Waals surface area contributed by atoms with Crippen molar-refractivity contribution in [2.45, 2.75) is 18.9 Å². The molecule has 3 aliphatic rings. The number of aromatic nitrogens is 1. The molecule has 2 amide bonds. The van der Waals surface area contributed by atoms with Gasteiger partial charge in [0, 0.05) is 50.2 Å². The van der Waals surface area contributed by atoms with Crippen molar-refractivity contribution in [3.63, 3.8) is 0 Å². The maximum Gasteiger partial charge on any atom is 0.270 e. The zero-order chi connectivity index (χ0) is 24.5. The number of amides is 2. The third kappa shape index (κ3) is 4.77. The minimum atomic E-state index is -0.0388. The molecule has 3 saturated heterocycles. The molecule has 0 bridgehead atoms. The van der Waals surface area contributed by atoms with Gasteiger partial charge in [-0.3, -0.25) is 9.59 Å². The van der Waals surface area contributed by atoms with Crippen molar-refractivity contribution < 1.29 is 14.3 Å². The molecule has 2 N–H and O–H groups in total. The number of carbonyl (C=O) groups excluding carboxylic acids is 2. The number of ether oxygens (including phenoxy) is 1. The van der Waals surface area contributed by atoms with Gasteiger partial charge in [-0.25, -0.2) is 0 Å². The Morgan fingerprint density at radius 1 is 1.00 bits per heavy atom. The maximum atomic E-state index is 13.1. The number of rotatable bonds is 7. The first-order valence-electron chi connectivity index (χ1n) is 13.2. The number of nitrogens with one attached hydrogen (secondary N) is 2. The van der Waals surface area contributed by atoms with E-state index in [0.717, 1.165) is 62.0 Å². The fraction of sp³-hybridized carbons (Fsp3) is 0.448. The summed E-state index contributed by atoms with van der Waals surface area (Å²) in [7, 11) is 0. The lowest BCUT2D eigenvalue weighted by Crippen LogP contribution is -2.37. The molecule has 4 atom stereocenters. The number of carbonyl (C=O) groups is 2. The highest BCUT2D eigenvalue weighted by Crippen LogP contribution is 2.33. The van der Waals surface area contributed by atoms with E-state index in [9.17, 15) is 9.59 Å². The van der Waals surface area contributed by atoms with E-state index >= 15 is 0 Å². The van der Waals surface area contributed by atoms with Crippen LogP contribution in [0.5, 0.6) is 0 Å². The van der Waals surface area contributed by atoms with Crippen LogP contribution in [-0.4, -0.2) is 72.5 Å². The molecule has 36 heavy (non-hydrogen) atoms. The van der Waals surface area contributed by atoms with Crippen molar-refractivity contribution in [2.24, 2.45) is 17.8 Å². The monoisotopic (exact) mass is 486 g/mol. The SMILES string of the molecule is O=C(NC(CCN1CC2CN(C(=O)c3cc4ccccc4[nH]3)C[C@@H]2C1)c1ccccc1)C1CCOC1. The Kier molecular flexibility index (Phi) is 6.50. The summed E-state index contributed by atoms with van der Waals surface area (Å²) in [5, 5.41) is 4.37. The fourth-order valence-corrected chi connectivity index (χ4v) is 6.15. The number of para-hydroxylation sites is 1. The molecule has 0 spiro atoms. The molecular formula is C29H34N4O3. The van der Waals surface area contributed by atoms with Crippen molar-refractivity contribution in [2.75, 3.05) is 45.9 Å². The normalized spacial score (nSPS) is 24.8. The van der Waals surface area contributed by atoms with E-state index in [-0.39, 0.29) is 23.8 Å². The van der Waals surface area contributed by atoms with Crippen LogP contribution in [-0.2, 0) is 9.53 Å². The number of aromatic amines is 1. The molecule has 7 heteroatoms. The van der Waals surface area contributed by atoms with Gasteiger partial charge in [-0.05, 0) is 42.4 Å². The highest BCUT2D eigenvalue weighted by molar-refractivity contribution is 5.98. The second-order valence-electron chi connectivity index (χ2n) is 10.6. The smallest absolute Gasteiger partial charge is 0.270 e. The summed E-state index contributed by atoms with van der Waals surface area (Å²) < 4.78 is 5.42. The molecule has 3 aromatic rings. The van der Waals surface area contributed by atoms with Crippen molar-refractivity contribution in [1.82, 2.24) is 20.1 Å². The predicted octanol–water partition coefficient (Wildman–Crippen LogP) is 3.46. The van der Waals surface area contributed by atoms with Gasteiger partial charge in [0.15, 0.2) is 0 Å². The zero-order valence-electron chi connectivity index (χ0n) is 20.6. The fourth-order valence-electron chi connectivity index (χ4n) is 6.15. The highest BCUT2D eigenvalue weighted by atomic mass is 16.5. The molecule has 0 aliphatic carbocycles. The maximum absolute atomic E-state index is 13.1. The van der Waals surface area contributed by atoms with Gasteiger partial charge in [0.05, 0.1) is 18.6 Å². The summed E-state index contributed by atoms with van der Waals surface area (Å²) >= 11 is 0. The van der Waals surface area contributed by atoms with Crippen molar-refractivity contribution in [3.05, 3.63) is 71.9 Å². The van der Waals surface area contributed by atoms with Crippen LogP contribution >= 0.6 is 0 Å². The van der Waals surface area contributed by atoms with Crippen molar-refractivity contribution in [3.8, 4) is 0 Å². The first kappa shape index (κ1) is 23.3. The summed E-state index contributed by atoms with van der Waals surface area (Å²) in [6, 6.07) is 20.3. The Labute approximate surface area is 211 Å². The highest BCUT2D eigenvalue weighted by Gasteiger charge is 2.42. The molecule has 3 fully saturated rings. The second kappa shape index (κ2) is 10.1. The molecule has 3 unspecified atom stereocenters. The minimum absolute atomic E-state index is 0.000160. The molecule has 4 heterocycles. The van der Waals surface area contributed by atoms with Gasteiger partial charge in [0.2, 0.25) is 5.91 Å². The molecule has 188 valence electrons. The summed E-state index contributed by atoms with van der Waals surface area (Å²) in [5.74, 6) is 1.20. The zero-order valence-corrected chi connectivity index (χ0v) is 20.6. The van der Waals surface area contributed by atoms with Gasteiger partial charge in [0.25, 0.3) is 5.91 Å². The molecular weight excluding hydrogens is 452 g/mol. The van der Waals surface area contributed by atoms with Gasteiger partial charge < -0.3 is 24.8 Å². The van der Waals surface area contributed by atoms with Crippen LogP contribution in [0.3, 0.4) is 0 Å². The van der Waals surface area contributed by atoms with Gasteiger partial charge in [0.1, 0.15) is 5.69 Å². The summed E-state index contributed by atoms with van der Waals surface area (Å²) in [6.07, 6.45) is 1.68. The van der Waals surface area contributed by atoms with E-state index in [1.807, 2.05) is 53.4 Å². The first-order chi connectivity index (χ1) is 17.6. The lowest BCUT2D eigenvalue weighted by atomic mass is 10.0. The molecule has 3 aliphatic heterocycles. The predicted molar refractivity (Wildman–Crippen MR) is 138 cm³/mol. The van der Waals surface area contributed by atoms with Gasteiger partial charge in [-0.2, -0.15) is 0 Å². The van der Waals surface area contributed by atoms with Crippen LogP contribution in [0.2, 0.25) is 0 Å². The topological polar surface area (TPSA) is 77.7 Å². The van der Waals surface area contributed by atoms with Gasteiger partial charge in [-0.15, -0.1) is 0 Å². The molecule has 6 rings (SSSR count). The van der Waals surface area contributed by atoms with E-state index < -0.39 is 0 Å². The average Bonchev–Trinajstić information content (AvgIpc) is 3.69. The van der Waals surface area contributed by atoms with Gasteiger partial charge in [-0.1, -0.05) is 48.5 Å². The number of benzene rings is 2. The largest absolute Gasteiger partial charge is 0.381 e. The summed E-state index contributed by atoms with van der Waals surface area (Å²) in [5.41, 5.74) is 2.84. The van der Waals surface area contributed by atoms with E-state index in [4.69, 9.17) is 4.74 Å². The van der Waals surface area contributed by atoms with Crippen LogP contribution in [0.15, 0.2) is 60.7 Å². The lowest BCUT2D eigenvalue weighted by molar-refractivity contribution is -0.125. The summed E-state index contributed by atoms with van der Waals surface area (Å²) in [4.78, 5) is 33.8. The third-order valence-corrected chi connectivity index (χ3v) is 8.16. The number of hydrogen-bond acceptors (Lipinski definition) is 4. The van der Waals surface area contributed by atoms with E-state index in [1.165, 1.54) is 0 Å². The molecule has 2 aromatic carbocycles. The molecule has 0 saturated carbocycles. The second-order valence-corrected chi connectivity index (χ2v) is 10.6. The Bertz CT molecular complexity index is 1170. The number of fused-ring (bicyclic) bond motifs is 2. The molecule has 7 nitrogen and oxygen atoms in total. The van der Waals surface area contributed by atoms with Crippen molar-refractivity contribution >= 4 is 22.7 Å². The summed E-state index contributed by atoms with van der Waals surface area (Å²) in [6.45, 7) is 5.77. The van der Waals surface area contributed by atoms with E-state index in [2.05, 4.69) is 27.3 Å². The number of H-pyrrole nitrogens is 1. The lowest BCUT2D eigenvalue weighted by Gasteiger charge is -2.25. The standard InChI is InChI=1S/C29H34N4O3/c34-28(22-11-13-36-19-22)31-26(20-6-2-1-3-7-20)10-12-32-15-23-17-33(18-24(23)16-32)29(35)27-14-21-8-4-5-9-25(21)30-27/h1-9,14,22-24,26,30H,10-13,15-19H2,(H,31,34)/t22?,23-,24?,26?/m0/s1. The van der Waals surface area contributed by atoms with Crippen LogP contribution < -0.4 is 5.32 Å². The Morgan fingerprint density at radius 3 is 2.47 bits per heavy atom. The average molecular weight is 487 g/mol. The molecule has 0 radical (unpaired) electrons. The molecule has 1 aromatic heterocycles. The quantitative estimate of drug-likeness (QED) is 0.536. The number of nitrogens with zero attached hydrogens (tertiary/aromatic N) is 2. The van der Waals surface area contributed by atoms with Gasteiger partial charge >= 0.3 is 0 Å². The Morgan fingerprint density at radius 2 is 1.75 bits per heavy atom. The third-order valence-electron chi connectivity index (χ3n) is 8.16. The van der Waals surface area contributed by atoms with Crippen molar-refractivity contribution in [1.29, 1.82) is 0 Å². The van der Waals surface area contributed by atoms with Crippen LogP contribution in [0, 0.1) is 17.8 Å². The minimum Gasteiger partial charge on any atom is -0.381 e. The Hall–Kier alpha value is -3.16. The number of likely N-dealkylation sites (tertiary alicyclic amines) is 2. The van der Waals surface area contributed by atoms with E-state index in [1.54, 1.807) is 0 Å². The van der Waals surface area contributed by atoms with Crippen LogP contribution in [0.25, 0.3) is 10.9 Å². The first-order valence-corrected chi connectivity index (χ1v) is 13.2. The van der Waals surface area contributed by atoms with E-state index in [0.29, 0.717) is 30.7 Å². The Balaban J connectivity index is 1.04.